The lowest BCUT2D eigenvalue weighted by Gasteiger charge is -2.16. The number of anilines is 1. The fourth-order valence-electron chi connectivity index (χ4n) is 2.04. The van der Waals surface area contributed by atoms with Crippen LogP contribution in [0.1, 0.15) is 31.0 Å². The van der Waals surface area contributed by atoms with Gasteiger partial charge in [0.2, 0.25) is 0 Å². The van der Waals surface area contributed by atoms with Gasteiger partial charge in [0.25, 0.3) is 0 Å². The first-order chi connectivity index (χ1) is 10.1. The number of hydrogen-bond acceptors (Lipinski definition) is 1. The van der Waals surface area contributed by atoms with Gasteiger partial charge in [-0.15, -0.1) is 0 Å². The van der Waals surface area contributed by atoms with Gasteiger partial charge >= 0.3 is 6.03 Å². The van der Waals surface area contributed by atoms with Crippen molar-refractivity contribution in [3.63, 3.8) is 0 Å². The van der Waals surface area contributed by atoms with Crippen LogP contribution in [0.5, 0.6) is 0 Å². The molecule has 4 heteroatoms. The van der Waals surface area contributed by atoms with Gasteiger partial charge < -0.3 is 10.6 Å². The number of halogens is 1. The second-order valence-corrected chi connectivity index (χ2v) is 5.75. The zero-order valence-corrected chi connectivity index (χ0v) is 13.8. The van der Waals surface area contributed by atoms with Gasteiger partial charge in [-0.05, 0) is 52.5 Å². The molecule has 21 heavy (non-hydrogen) atoms. The van der Waals surface area contributed by atoms with E-state index in [0.29, 0.717) is 0 Å². The SMILES string of the molecule is CCc1ccc([C@H](C)NC(=O)Nc2ccccc2Br)cc1. The number of carbonyl (C=O) groups excluding carboxylic acids is 1. The molecular weight excluding hydrogens is 328 g/mol. The molecule has 0 aliphatic heterocycles. The fourth-order valence-corrected chi connectivity index (χ4v) is 2.43. The molecule has 0 aliphatic rings. The van der Waals surface area contributed by atoms with E-state index >= 15 is 0 Å². The van der Waals surface area contributed by atoms with Crippen LogP contribution in [0.3, 0.4) is 0 Å². The third-order valence-electron chi connectivity index (χ3n) is 3.36. The van der Waals surface area contributed by atoms with Gasteiger partial charge in [0.15, 0.2) is 0 Å². The van der Waals surface area contributed by atoms with Crippen LogP contribution < -0.4 is 10.6 Å². The van der Waals surface area contributed by atoms with Gasteiger partial charge in [-0.1, -0.05) is 43.3 Å². The number of carbonyl (C=O) groups is 1. The highest BCUT2D eigenvalue weighted by Crippen LogP contribution is 2.21. The summed E-state index contributed by atoms with van der Waals surface area (Å²) in [5.74, 6) is 0. The summed E-state index contributed by atoms with van der Waals surface area (Å²) >= 11 is 3.41. The highest BCUT2D eigenvalue weighted by molar-refractivity contribution is 9.10. The van der Waals surface area contributed by atoms with Crippen molar-refractivity contribution in [2.75, 3.05) is 5.32 Å². The molecule has 0 aromatic heterocycles. The third-order valence-corrected chi connectivity index (χ3v) is 4.05. The molecule has 2 rings (SSSR count). The van der Waals surface area contributed by atoms with Crippen LogP contribution in [-0.2, 0) is 6.42 Å². The van der Waals surface area contributed by atoms with Crippen LogP contribution in [0.25, 0.3) is 0 Å². The van der Waals surface area contributed by atoms with E-state index in [0.717, 1.165) is 22.1 Å². The molecule has 0 aliphatic carbocycles. The van der Waals surface area contributed by atoms with Gasteiger partial charge in [0.1, 0.15) is 0 Å². The van der Waals surface area contributed by atoms with Crippen LogP contribution in [0.4, 0.5) is 10.5 Å². The van der Waals surface area contributed by atoms with Crippen molar-refractivity contribution < 1.29 is 4.79 Å². The maximum atomic E-state index is 12.0. The number of aryl methyl sites for hydroxylation is 1. The van der Waals surface area contributed by atoms with E-state index in [2.05, 4.69) is 57.8 Å². The molecule has 2 amide bonds. The molecule has 0 heterocycles. The molecule has 3 nitrogen and oxygen atoms in total. The van der Waals surface area contributed by atoms with Crippen molar-refractivity contribution in [1.29, 1.82) is 0 Å². The molecular formula is C17H19BrN2O. The predicted molar refractivity (Wildman–Crippen MR) is 90.5 cm³/mol. The normalized spacial score (nSPS) is 11.8. The molecule has 2 aromatic carbocycles. The Morgan fingerprint density at radius 2 is 1.81 bits per heavy atom. The zero-order chi connectivity index (χ0) is 15.2. The van der Waals surface area contributed by atoms with E-state index in [-0.39, 0.29) is 12.1 Å². The minimum absolute atomic E-state index is 0.0432. The molecule has 0 spiro atoms. The van der Waals surface area contributed by atoms with E-state index in [9.17, 15) is 4.79 Å². The molecule has 2 N–H and O–H groups in total. The quantitative estimate of drug-likeness (QED) is 0.812. The van der Waals surface area contributed by atoms with Gasteiger partial charge in [-0.25, -0.2) is 4.79 Å². The Morgan fingerprint density at radius 3 is 2.43 bits per heavy atom. The summed E-state index contributed by atoms with van der Waals surface area (Å²) < 4.78 is 0.861. The maximum Gasteiger partial charge on any atom is 0.319 e. The number of para-hydroxylation sites is 1. The zero-order valence-electron chi connectivity index (χ0n) is 12.2. The van der Waals surface area contributed by atoms with E-state index in [1.54, 1.807) is 0 Å². The van der Waals surface area contributed by atoms with Crippen molar-refractivity contribution in [2.45, 2.75) is 26.3 Å². The van der Waals surface area contributed by atoms with E-state index in [1.807, 2.05) is 31.2 Å². The molecule has 0 bridgehead atoms. The number of nitrogens with one attached hydrogen (secondary N) is 2. The van der Waals surface area contributed by atoms with Crippen LogP contribution in [0.15, 0.2) is 53.0 Å². The summed E-state index contributed by atoms with van der Waals surface area (Å²) in [6.45, 7) is 4.10. The second kappa shape index (κ2) is 7.27. The van der Waals surface area contributed by atoms with Crippen LogP contribution >= 0.6 is 15.9 Å². The fraction of sp³-hybridized carbons (Fsp3) is 0.235. The molecule has 0 saturated heterocycles. The lowest BCUT2D eigenvalue weighted by molar-refractivity contribution is 0.249. The Hall–Kier alpha value is -1.81. The highest BCUT2D eigenvalue weighted by atomic mass is 79.9. The van der Waals surface area contributed by atoms with Crippen LogP contribution in [0, 0.1) is 0 Å². The lowest BCUT2D eigenvalue weighted by atomic mass is 10.1. The Kier molecular flexibility index (Phi) is 5.39. The van der Waals surface area contributed by atoms with Crippen LogP contribution in [-0.4, -0.2) is 6.03 Å². The third kappa shape index (κ3) is 4.33. The lowest BCUT2D eigenvalue weighted by Crippen LogP contribution is -2.31. The van der Waals surface area contributed by atoms with Crippen molar-refractivity contribution in [2.24, 2.45) is 0 Å². The van der Waals surface area contributed by atoms with E-state index in [4.69, 9.17) is 0 Å². The summed E-state index contributed by atoms with van der Waals surface area (Å²) in [5, 5.41) is 5.77. The van der Waals surface area contributed by atoms with Gasteiger partial charge in [-0.3, -0.25) is 0 Å². The minimum Gasteiger partial charge on any atom is -0.331 e. The highest BCUT2D eigenvalue weighted by Gasteiger charge is 2.10. The number of hydrogen-bond donors (Lipinski definition) is 2. The molecule has 110 valence electrons. The largest absolute Gasteiger partial charge is 0.331 e. The summed E-state index contributed by atoms with van der Waals surface area (Å²) in [7, 11) is 0. The minimum atomic E-state index is -0.214. The molecule has 2 aromatic rings. The first kappa shape index (κ1) is 15.6. The van der Waals surface area contributed by atoms with Crippen molar-refractivity contribution in [1.82, 2.24) is 5.32 Å². The smallest absolute Gasteiger partial charge is 0.319 e. The van der Waals surface area contributed by atoms with Gasteiger partial charge in [0.05, 0.1) is 11.7 Å². The Labute approximate surface area is 133 Å². The van der Waals surface area contributed by atoms with Crippen molar-refractivity contribution in [3.8, 4) is 0 Å². The van der Waals surface area contributed by atoms with Crippen LogP contribution in [0.2, 0.25) is 0 Å². The average molecular weight is 347 g/mol. The molecule has 0 unspecified atom stereocenters. The summed E-state index contributed by atoms with van der Waals surface area (Å²) in [4.78, 5) is 12.0. The number of benzene rings is 2. The average Bonchev–Trinajstić information content (AvgIpc) is 2.49. The molecule has 0 saturated carbocycles. The van der Waals surface area contributed by atoms with Gasteiger partial charge in [0, 0.05) is 4.47 Å². The predicted octanol–water partition coefficient (Wildman–Crippen LogP) is 4.89. The molecule has 0 radical (unpaired) electrons. The number of rotatable bonds is 4. The van der Waals surface area contributed by atoms with Crippen molar-refractivity contribution in [3.05, 3.63) is 64.1 Å². The first-order valence-electron chi connectivity index (χ1n) is 7.01. The Bertz CT molecular complexity index is 610. The monoisotopic (exact) mass is 346 g/mol. The first-order valence-corrected chi connectivity index (χ1v) is 7.80. The number of urea groups is 1. The van der Waals surface area contributed by atoms with Gasteiger partial charge in [-0.2, -0.15) is 0 Å². The van der Waals surface area contributed by atoms with E-state index in [1.165, 1.54) is 5.56 Å². The Balaban J connectivity index is 1.97. The second-order valence-electron chi connectivity index (χ2n) is 4.90. The molecule has 1 atom stereocenters. The summed E-state index contributed by atoms with van der Waals surface area (Å²) in [5.41, 5.74) is 3.14. The number of amides is 2. The standard InChI is InChI=1S/C17H19BrN2O/c1-3-13-8-10-14(11-9-13)12(2)19-17(21)20-16-7-5-4-6-15(16)18/h4-12H,3H2,1-2H3,(H2,19,20,21)/t12-/m0/s1. The topological polar surface area (TPSA) is 41.1 Å². The summed E-state index contributed by atoms with van der Waals surface area (Å²) in [6.07, 6.45) is 1.02. The van der Waals surface area contributed by atoms with E-state index < -0.39 is 0 Å². The Morgan fingerprint density at radius 1 is 1.14 bits per heavy atom. The van der Waals surface area contributed by atoms with Crippen molar-refractivity contribution >= 4 is 27.6 Å². The summed E-state index contributed by atoms with van der Waals surface area (Å²) in [6, 6.07) is 15.6. The molecule has 0 fully saturated rings. The maximum absolute atomic E-state index is 12.0.